The molecule has 5 nitrogen and oxygen atoms in total. The summed E-state index contributed by atoms with van der Waals surface area (Å²) in [6, 6.07) is 0. The average molecular weight is 265 g/mol. The highest BCUT2D eigenvalue weighted by atomic mass is 16.4. The van der Waals surface area contributed by atoms with Crippen molar-refractivity contribution in [1.82, 2.24) is 14.9 Å². The molecular formula is C14H23N3O2. The number of nitrogens with zero attached hydrogens (tertiary/aromatic N) is 2. The van der Waals surface area contributed by atoms with Gasteiger partial charge in [0.2, 0.25) is 0 Å². The topological polar surface area (TPSA) is 69.2 Å². The molecule has 0 aromatic carbocycles. The number of likely N-dealkylation sites (tertiary alicyclic amines) is 1. The number of carbonyl (C=O) groups is 1. The summed E-state index contributed by atoms with van der Waals surface area (Å²) in [5.41, 5.74) is 0.685. The van der Waals surface area contributed by atoms with Gasteiger partial charge in [0, 0.05) is 29.8 Å². The van der Waals surface area contributed by atoms with Gasteiger partial charge in [-0.2, -0.15) is 0 Å². The first kappa shape index (κ1) is 14.1. The van der Waals surface area contributed by atoms with E-state index in [4.69, 9.17) is 5.11 Å². The number of nitrogens with one attached hydrogen (secondary N) is 1. The maximum atomic E-state index is 10.9. The number of likely N-dealkylation sites (N-methyl/N-ethyl adjacent to an activating group) is 1. The van der Waals surface area contributed by atoms with Gasteiger partial charge in [-0.15, -0.1) is 0 Å². The third kappa shape index (κ3) is 3.35. The Bertz CT molecular complexity index is 453. The van der Waals surface area contributed by atoms with Crippen molar-refractivity contribution >= 4 is 5.97 Å². The highest BCUT2D eigenvalue weighted by molar-refractivity contribution is 5.68. The first-order chi connectivity index (χ1) is 8.88. The predicted octanol–water partition coefficient (Wildman–Crippen LogP) is 1.97. The third-order valence-electron chi connectivity index (χ3n) is 3.89. The van der Waals surface area contributed by atoms with E-state index in [1.165, 1.54) is 12.8 Å². The molecule has 0 spiro atoms. The molecule has 0 bridgehead atoms. The first-order valence-electron chi connectivity index (χ1n) is 6.84. The van der Waals surface area contributed by atoms with Crippen LogP contribution in [0.5, 0.6) is 0 Å². The number of hydrogen-bond acceptors (Lipinski definition) is 3. The minimum atomic E-state index is -0.791. The van der Waals surface area contributed by atoms with Crippen molar-refractivity contribution in [3.63, 3.8) is 0 Å². The summed E-state index contributed by atoms with van der Waals surface area (Å²) >= 11 is 0. The number of imidazole rings is 1. The van der Waals surface area contributed by atoms with Gasteiger partial charge >= 0.3 is 5.97 Å². The van der Waals surface area contributed by atoms with Crippen molar-refractivity contribution < 1.29 is 9.90 Å². The SMILES string of the molecule is CN1CCCC(c2cnc(C(C)(C)CC(=O)O)[nH]2)C1. The van der Waals surface area contributed by atoms with Crippen LogP contribution in [-0.2, 0) is 10.2 Å². The van der Waals surface area contributed by atoms with Crippen LogP contribution in [-0.4, -0.2) is 46.1 Å². The van der Waals surface area contributed by atoms with Gasteiger partial charge in [0.1, 0.15) is 5.82 Å². The molecule has 1 aromatic heterocycles. The zero-order chi connectivity index (χ0) is 14.0. The molecule has 106 valence electrons. The molecule has 2 heterocycles. The number of rotatable bonds is 4. The average Bonchev–Trinajstić information content (AvgIpc) is 2.77. The zero-order valence-electron chi connectivity index (χ0n) is 11.9. The Hall–Kier alpha value is -1.36. The highest BCUT2D eigenvalue weighted by Gasteiger charge is 2.29. The number of carboxylic acids is 1. The monoisotopic (exact) mass is 265 g/mol. The highest BCUT2D eigenvalue weighted by Crippen LogP contribution is 2.29. The molecule has 1 atom stereocenters. The van der Waals surface area contributed by atoms with Gasteiger partial charge in [0.25, 0.3) is 0 Å². The summed E-state index contributed by atoms with van der Waals surface area (Å²) in [7, 11) is 2.14. The van der Waals surface area contributed by atoms with E-state index in [2.05, 4.69) is 21.9 Å². The normalized spacial score (nSPS) is 21.5. The van der Waals surface area contributed by atoms with E-state index in [-0.39, 0.29) is 6.42 Å². The summed E-state index contributed by atoms with van der Waals surface area (Å²) in [5, 5.41) is 8.95. The molecule has 5 heteroatoms. The largest absolute Gasteiger partial charge is 0.481 e. The standard InChI is InChI=1S/C14H23N3O2/c1-14(2,7-12(18)19)13-15-8-11(16-13)10-5-4-6-17(3)9-10/h8,10H,4-7,9H2,1-3H3,(H,15,16)(H,18,19). The molecule has 0 saturated carbocycles. The molecule has 19 heavy (non-hydrogen) atoms. The van der Waals surface area contributed by atoms with Crippen LogP contribution in [0.25, 0.3) is 0 Å². The Kier molecular flexibility index (Phi) is 3.94. The molecule has 1 unspecified atom stereocenters. The van der Waals surface area contributed by atoms with Crippen molar-refractivity contribution in [3.8, 4) is 0 Å². The predicted molar refractivity (Wildman–Crippen MR) is 73.3 cm³/mol. The second kappa shape index (κ2) is 5.33. The van der Waals surface area contributed by atoms with E-state index < -0.39 is 11.4 Å². The molecule has 0 amide bonds. The third-order valence-corrected chi connectivity index (χ3v) is 3.89. The molecule has 1 aliphatic heterocycles. The molecular weight excluding hydrogens is 242 g/mol. The van der Waals surface area contributed by atoms with E-state index in [1.807, 2.05) is 20.0 Å². The number of hydrogen-bond donors (Lipinski definition) is 2. The van der Waals surface area contributed by atoms with Crippen LogP contribution in [0.2, 0.25) is 0 Å². The minimum absolute atomic E-state index is 0.0878. The van der Waals surface area contributed by atoms with E-state index in [0.717, 1.165) is 24.6 Å². The van der Waals surface area contributed by atoms with E-state index in [1.54, 1.807) is 0 Å². The number of piperidine rings is 1. The van der Waals surface area contributed by atoms with Crippen molar-refractivity contribution in [3.05, 3.63) is 17.7 Å². The molecule has 1 aromatic rings. The Balaban J connectivity index is 2.12. The number of aliphatic carboxylic acids is 1. The lowest BCUT2D eigenvalue weighted by Crippen LogP contribution is -2.31. The van der Waals surface area contributed by atoms with E-state index >= 15 is 0 Å². The van der Waals surface area contributed by atoms with Crippen LogP contribution in [0, 0.1) is 0 Å². The maximum Gasteiger partial charge on any atom is 0.304 e. The number of carboxylic acid groups (broad SMARTS) is 1. The lowest BCUT2D eigenvalue weighted by molar-refractivity contribution is -0.138. The van der Waals surface area contributed by atoms with Gasteiger partial charge in [-0.1, -0.05) is 13.8 Å². The van der Waals surface area contributed by atoms with Gasteiger partial charge < -0.3 is 15.0 Å². The van der Waals surface area contributed by atoms with Crippen molar-refractivity contribution in [1.29, 1.82) is 0 Å². The van der Waals surface area contributed by atoms with Crippen LogP contribution < -0.4 is 0 Å². The Labute approximate surface area is 114 Å². The van der Waals surface area contributed by atoms with Gasteiger partial charge in [-0.05, 0) is 26.4 Å². The van der Waals surface area contributed by atoms with Crippen molar-refractivity contribution in [2.45, 2.75) is 44.4 Å². The van der Waals surface area contributed by atoms with Gasteiger partial charge in [-0.25, -0.2) is 4.98 Å². The van der Waals surface area contributed by atoms with Crippen LogP contribution in [0.15, 0.2) is 6.20 Å². The molecule has 2 rings (SSSR count). The van der Waals surface area contributed by atoms with E-state index in [0.29, 0.717) is 5.92 Å². The molecule has 0 aliphatic carbocycles. The van der Waals surface area contributed by atoms with Crippen LogP contribution in [0.4, 0.5) is 0 Å². The summed E-state index contributed by atoms with van der Waals surface area (Å²) in [4.78, 5) is 21.0. The maximum absolute atomic E-state index is 10.9. The minimum Gasteiger partial charge on any atom is -0.481 e. The Morgan fingerprint density at radius 2 is 2.37 bits per heavy atom. The van der Waals surface area contributed by atoms with Crippen LogP contribution in [0.1, 0.15) is 50.5 Å². The fourth-order valence-electron chi connectivity index (χ4n) is 2.77. The van der Waals surface area contributed by atoms with Crippen molar-refractivity contribution in [2.24, 2.45) is 0 Å². The summed E-state index contributed by atoms with van der Waals surface area (Å²) in [6.45, 7) is 6.02. The van der Waals surface area contributed by atoms with Gasteiger partial charge in [-0.3, -0.25) is 4.79 Å². The van der Waals surface area contributed by atoms with Crippen LogP contribution in [0.3, 0.4) is 0 Å². The number of H-pyrrole nitrogens is 1. The lowest BCUT2D eigenvalue weighted by atomic mass is 9.88. The Morgan fingerprint density at radius 1 is 1.63 bits per heavy atom. The van der Waals surface area contributed by atoms with Crippen LogP contribution >= 0.6 is 0 Å². The van der Waals surface area contributed by atoms with E-state index in [9.17, 15) is 4.79 Å². The second-order valence-electron chi connectivity index (χ2n) is 6.24. The zero-order valence-corrected chi connectivity index (χ0v) is 11.9. The number of aromatic nitrogens is 2. The summed E-state index contributed by atoms with van der Waals surface area (Å²) in [6.07, 6.45) is 4.34. The fraction of sp³-hybridized carbons (Fsp3) is 0.714. The van der Waals surface area contributed by atoms with Crippen molar-refractivity contribution in [2.75, 3.05) is 20.1 Å². The lowest BCUT2D eigenvalue weighted by Gasteiger charge is -2.29. The molecule has 1 fully saturated rings. The summed E-state index contributed by atoms with van der Waals surface area (Å²) in [5.74, 6) is 0.471. The molecule has 1 aliphatic rings. The van der Waals surface area contributed by atoms with Gasteiger partial charge in [0.05, 0.1) is 6.42 Å². The quantitative estimate of drug-likeness (QED) is 0.873. The first-order valence-corrected chi connectivity index (χ1v) is 6.84. The van der Waals surface area contributed by atoms with Gasteiger partial charge in [0.15, 0.2) is 0 Å². The number of aromatic amines is 1. The smallest absolute Gasteiger partial charge is 0.304 e. The second-order valence-corrected chi connectivity index (χ2v) is 6.24. The molecule has 2 N–H and O–H groups in total. The summed E-state index contributed by atoms with van der Waals surface area (Å²) < 4.78 is 0. The molecule has 1 saturated heterocycles. The molecule has 0 radical (unpaired) electrons. The Morgan fingerprint density at radius 3 is 3.00 bits per heavy atom. The fourth-order valence-corrected chi connectivity index (χ4v) is 2.77.